The summed E-state index contributed by atoms with van der Waals surface area (Å²) < 4.78 is 14.9. The summed E-state index contributed by atoms with van der Waals surface area (Å²) in [5.41, 5.74) is 0. The third kappa shape index (κ3) is 12.2. The molecule has 0 aliphatic heterocycles. The maximum atomic E-state index is 11.4. The van der Waals surface area contributed by atoms with Crippen molar-refractivity contribution in [3.05, 3.63) is 0 Å². The van der Waals surface area contributed by atoms with E-state index in [0.29, 0.717) is 13.2 Å². The van der Waals surface area contributed by atoms with Gasteiger partial charge in [0.15, 0.2) is 5.78 Å². The van der Waals surface area contributed by atoms with Gasteiger partial charge in [-0.2, -0.15) is 0 Å². The van der Waals surface area contributed by atoms with E-state index in [9.17, 15) is 14.4 Å². The number of ketones is 1. The van der Waals surface area contributed by atoms with Crippen molar-refractivity contribution in [1.82, 2.24) is 10.6 Å². The number of amides is 2. The minimum atomic E-state index is -0.370. The monoisotopic (exact) mass is 318 g/mol. The second kappa shape index (κ2) is 13.2. The zero-order valence-electron chi connectivity index (χ0n) is 13.5. The van der Waals surface area contributed by atoms with Crippen LogP contribution in [0.3, 0.4) is 0 Å². The van der Waals surface area contributed by atoms with Gasteiger partial charge >= 0.3 is 0 Å². The summed E-state index contributed by atoms with van der Waals surface area (Å²) in [5.74, 6) is -0.739. The molecule has 0 rings (SSSR count). The maximum Gasteiger partial charge on any atom is 0.246 e. The normalized spacial score (nSPS) is 10.5. The number of hydrogen-bond acceptors (Lipinski definition) is 6. The van der Waals surface area contributed by atoms with Crippen LogP contribution in [0.2, 0.25) is 0 Å². The standard InChI is InChI=1S/C14H26N2O6/c1-11(2)12(17)9-21-5-4-15-13(18)8-16-14(19)10-22-7-6-20-3/h11H,4-10H2,1-3H3,(H,15,18)(H,16,19). The van der Waals surface area contributed by atoms with Gasteiger partial charge in [0.1, 0.15) is 13.2 Å². The van der Waals surface area contributed by atoms with E-state index >= 15 is 0 Å². The highest BCUT2D eigenvalue weighted by molar-refractivity contribution is 5.85. The molecule has 0 aromatic rings. The third-order valence-electron chi connectivity index (χ3n) is 2.57. The van der Waals surface area contributed by atoms with Crippen molar-refractivity contribution in [2.75, 3.05) is 53.2 Å². The largest absolute Gasteiger partial charge is 0.382 e. The molecule has 0 heterocycles. The van der Waals surface area contributed by atoms with E-state index in [1.54, 1.807) is 13.8 Å². The van der Waals surface area contributed by atoms with E-state index < -0.39 is 0 Å². The number of Topliss-reactive ketones (excluding diaryl/α,β-unsaturated/α-hetero) is 1. The molecule has 2 N–H and O–H groups in total. The summed E-state index contributed by atoms with van der Waals surface area (Å²) in [6.07, 6.45) is 0. The first-order valence-corrected chi connectivity index (χ1v) is 7.18. The Balaban J connectivity index is 3.50. The maximum absolute atomic E-state index is 11.4. The highest BCUT2D eigenvalue weighted by Gasteiger charge is 2.07. The third-order valence-corrected chi connectivity index (χ3v) is 2.57. The van der Waals surface area contributed by atoms with E-state index in [0.717, 1.165) is 0 Å². The summed E-state index contributed by atoms with van der Waals surface area (Å²) in [6, 6.07) is 0. The van der Waals surface area contributed by atoms with Crippen LogP contribution in [0, 0.1) is 5.92 Å². The van der Waals surface area contributed by atoms with Gasteiger partial charge in [-0.25, -0.2) is 0 Å². The molecule has 0 saturated heterocycles. The minimum Gasteiger partial charge on any atom is -0.382 e. The fourth-order valence-corrected chi connectivity index (χ4v) is 1.20. The first kappa shape index (κ1) is 20.5. The van der Waals surface area contributed by atoms with Crippen LogP contribution in [0.1, 0.15) is 13.8 Å². The predicted molar refractivity (Wildman–Crippen MR) is 79.4 cm³/mol. The van der Waals surface area contributed by atoms with E-state index in [1.807, 2.05) is 0 Å². The number of carbonyl (C=O) groups is 3. The van der Waals surface area contributed by atoms with Crippen LogP contribution in [-0.4, -0.2) is 70.8 Å². The second-order valence-electron chi connectivity index (χ2n) is 4.85. The van der Waals surface area contributed by atoms with E-state index in [1.165, 1.54) is 7.11 Å². The van der Waals surface area contributed by atoms with Crippen LogP contribution in [0.25, 0.3) is 0 Å². The van der Waals surface area contributed by atoms with Crippen molar-refractivity contribution in [3.63, 3.8) is 0 Å². The Morgan fingerprint density at radius 1 is 0.909 bits per heavy atom. The zero-order chi connectivity index (χ0) is 16.8. The van der Waals surface area contributed by atoms with Crippen LogP contribution < -0.4 is 10.6 Å². The quantitative estimate of drug-likeness (QED) is 0.428. The molecular weight excluding hydrogens is 292 g/mol. The van der Waals surface area contributed by atoms with Crippen molar-refractivity contribution >= 4 is 17.6 Å². The topological polar surface area (TPSA) is 103 Å². The van der Waals surface area contributed by atoms with Crippen LogP contribution >= 0.6 is 0 Å². The lowest BCUT2D eigenvalue weighted by molar-refractivity contribution is -0.129. The number of ether oxygens (including phenoxy) is 3. The molecule has 8 heteroatoms. The summed E-state index contributed by atoms with van der Waals surface area (Å²) >= 11 is 0. The predicted octanol–water partition coefficient (Wildman–Crippen LogP) is -0.876. The average molecular weight is 318 g/mol. The highest BCUT2D eigenvalue weighted by atomic mass is 16.5. The highest BCUT2D eigenvalue weighted by Crippen LogP contribution is 1.93. The molecule has 2 amide bonds. The van der Waals surface area contributed by atoms with Crippen molar-refractivity contribution in [2.45, 2.75) is 13.8 Å². The summed E-state index contributed by atoms with van der Waals surface area (Å²) in [4.78, 5) is 34.0. The van der Waals surface area contributed by atoms with E-state index in [4.69, 9.17) is 14.2 Å². The molecule has 0 unspecified atom stereocenters. The number of rotatable bonds is 13. The lowest BCUT2D eigenvalue weighted by atomic mass is 10.1. The van der Waals surface area contributed by atoms with Gasteiger partial charge in [-0.05, 0) is 0 Å². The molecule has 0 fully saturated rings. The van der Waals surface area contributed by atoms with Crippen molar-refractivity contribution in [2.24, 2.45) is 5.92 Å². The molecule has 0 spiro atoms. The average Bonchev–Trinajstić information content (AvgIpc) is 2.48. The van der Waals surface area contributed by atoms with Gasteiger partial charge in [0.25, 0.3) is 0 Å². The van der Waals surface area contributed by atoms with E-state index in [2.05, 4.69) is 10.6 Å². The first-order chi connectivity index (χ1) is 10.5. The Kier molecular flexibility index (Phi) is 12.3. The Morgan fingerprint density at radius 2 is 1.59 bits per heavy atom. The van der Waals surface area contributed by atoms with Gasteiger partial charge < -0.3 is 24.8 Å². The SMILES string of the molecule is COCCOCC(=O)NCC(=O)NCCOCC(=O)C(C)C. The van der Waals surface area contributed by atoms with Crippen LogP contribution in [0.15, 0.2) is 0 Å². The van der Waals surface area contributed by atoms with Gasteiger partial charge in [-0.1, -0.05) is 13.8 Å². The number of hydrogen-bond donors (Lipinski definition) is 2. The molecule has 8 nitrogen and oxygen atoms in total. The van der Waals surface area contributed by atoms with Crippen molar-refractivity contribution in [1.29, 1.82) is 0 Å². The molecule has 0 aliphatic rings. The molecule has 0 aromatic carbocycles. The van der Waals surface area contributed by atoms with Gasteiger partial charge in [-0.15, -0.1) is 0 Å². The molecule has 0 radical (unpaired) electrons. The fourth-order valence-electron chi connectivity index (χ4n) is 1.20. The number of nitrogens with one attached hydrogen (secondary N) is 2. The fraction of sp³-hybridized carbons (Fsp3) is 0.786. The molecule has 22 heavy (non-hydrogen) atoms. The first-order valence-electron chi connectivity index (χ1n) is 7.18. The molecule has 0 aliphatic carbocycles. The second-order valence-corrected chi connectivity index (χ2v) is 4.85. The summed E-state index contributed by atoms with van der Waals surface area (Å²) in [5, 5.41) is 4.99. The Morgan fingerprint density at radius 3 is 2.23 bits per heavy atom. The number of methoxy groups -OCH3 is 1. The zero-order valence-corrected chi connectivity index (χ0v) is 13.5. The lowest BCUT2D eigenvalue weighted by Gasteiger charge is -2.08. The van der Waals surface area contributed by atoms with Gasteiger partial charge in [0.2, 0.25) is 11.8 Å². The van der Waals surface area contributed by atoms with E-state index in [-0.39, 0.29) is 56.4 Å². The van der Waals surface area contributed by atoms with Crippen LogP contribution in [0.4, 0.5) is 0 Å². The Labute approximate surface area is 130 Å². The Bertz CT molecular complexity index is 346. The summed E-state index contributed by atoms with van der Waals surface area (Å²) in [6.45, 7) is 4.67. The van der Waals surface area contributed by atoms with Gasteiger partial charge in [0, 0.05) is 19.6 Å². The van der Waals surface area contributed by atoms with Crippen molar-refractivity contribution < 1.29 is 28.6 Å². The molecule has 0 saturated carbocycles. The smallest absolute Gasteiger partial charge is 0.246 e. The number of carbonyl (C=O) groups excluding carboxylic acids is 3. The van der Waals surface area contributed by atoms with Gasteiger partial charge in [0.05, 0.1) is 26.4 Å². The molecule has 0 atom stereocenters. The summed E-state index contributed by atoms with van der Waals surface area (Å²) in [7, 11) is 1.54. The van der Waals surface area contributed by atoms with Crippen LogP contribution in [-0.2, 0) is 28.6 Å². The molecule has 0 aromatic heterocycles. The van der Waals surface area contributed by atoms with Gasteiger partial charge in [-0.3, -0.25) is 14.4 Å². The van der Waals surface area contributed by atoms with Crippen molar-refractivity contribution in [3.8, 4) is 0 Å². The molecule has 0 bridgehead atoms. The lowest BCUT2D eigenvalue weighted by Crippen LogP contribution is -2.39. The molecular formula is C14H26N2O6. The minimum absolute atomic E-state index is 0.0204. The molecule has 128 valence electrons. The Hall–Kier alpha value is -1.51. The van der Waals surface area contributed by atoms with Crippen LogP contribution in [0.5, 0.6) is 0 Å².